The fourth-order valence-corrected chi connectivity index (χ4v) is 3.49. The molecule has 0 radical (unpaired) electrons. The van der Waals surface area contributed by atoms with Crippen molar-refractivity contribution in [2.45, 2.75) is 24.3 Å². The van der Waals surface area contributed by atoms with Gasteiger partial charge in [0.25, 0.3) is 0 Å². The van der Waals surface area contributed by atoms with E-state index in [0.717, 1.165) is 36.1 Å². The summed E-state index contributed by atoms with van der Waals surface area (Å²) >= 11 is 3.89. The van der Waals surface area contributed by atoms with Crippen LogP contribution in [0.5, 0.6) is 0 Å². The van der Waals surface area contributed by atoms with Gasteiger partial charge in [0.05, 0.1) is 13.1 Å². The largest absolute Gasteiger partial charge is 0.550 e. The second-order valence-electron chi connectivity index (χ2n) is 6.03. The van der Waals surface area contributed by atoms with Gasteiger partial charge in [0.15, 0.2) is 0 Å². The van der Waals surface area contributed by atoms with Gasteiger partial charge >= 0.3 is 0 Å². The smallest absolute Gasteiger partial charge is 0.0831 e. The third-order valence-electron chi connectivity index (χ3n) is 3.33. The summed E-state index contributed by atoms with van der Waals surface area (Å²) in [6.07, 6.45) is -0.940. The number of rotatable bonds is 11. The molecule has 0 fully saturated rings. The van der Waals surface area contributed by atoms with E-state index in [9.17, 15) is 19.8 Å². The minimum atomic E-state index is -1.37. The maximum absolute atomic E-state index is 9.50. The van der Waals surface area contributed by atoms with Gasteiger partial charge in [-0.2, -0.15) is 23.5 Å². The molecule has 8 heteroatoms. The number of hydrogen-bond acceptors (Lipinski definition) is 6. The van der Waals surface area contributed by atoms with Crippen LogP contribution in [0, 0.1) is 0 Å². The lowest BCUT2D eigenvalue weighted by Gasteiger charge is -2.00. The molecule has 30 heavy (non-hydrogen) atoms. The normalized spacial score (nSPS) is 9.53. The van der Waals surface area contributed by atoms with Crippen molar-refractivity contribution in [1.82, 2.24) is 0 Å². The van der Waals surface area contributed by atoms with Gasteiger partial charge in [0.1, 0.15) is 0 Å². The summed E-state index contributed by atoms with van der Waals surface area (Å²) in [4.78, 5) is 19.0. The van der Waals surface area contributed by atoms with E-state index in [0.29, 0.717) is 0 Å². The van der Waals surface area contributed by atoms with Crippen LogP contribution in [-0.4, -0.2) is 36.5 Å². The zero-order chi connectivity index (χ0) is 22.5. The molecule has 0 aliphatic carbocycles. The van der Waals surface area contributed by atoms with E-state index < -0.39 is 24.8 Å². The molecule has 0 unspecified atom stereocenters. The molecule has 0 aromatic heterocycles. The molecule has 0 atom stereocenters. The molecule has 0 aliphatic heterocycles. The lowest BCUT2D eigenvalue weighted by molar-refractivity contribution is -0.360. The first kappa shape index (κ1) is 28.0. The SMILES string of the molecule is O=C([O-])CCC(=O)[O-].[NH3+]CCSCc1ccccc1.[NH3+]CCSCc1ccccc1. The highest BCUT2D eigenvalue weighted by atomic mass is 32.2. The Kier molecular flexibility index (Phi) is 18.9. The van der Waals surface area contributed by atoms with Gasteiger partial charge in [0.2, 0.25) is 0 Å². The van der Waals surface area contributed by atoms with Gasteiger partial charge in [-0.1, -0.05) is 60.7 Å². The van der Waals surface area contributed by atoms with Crippen LogP contribution >= 0.6 is 23.5 Å². The Morgan fingerprint density at radius 1 is 0.667 bits per heavy atom. The summed E-state index contributed by atoms with van der Waals surface area (Å²) < 4.78 is 0. The van der Waals surface area contributed by atoms with Crippen molar-refractivity contribution in [1.29, 1.82) is 0 Å². The maximum atomic E-state index is 9.50. The number of aliphatic carboxylic acids is 2. The molecule has 0 bridgehead atoms. The molecule has 0 heterocycles. The number of quaternary nitrogens is 2. The first-order chi connectivity index (χ1) is 14.5. The lowest BCUT2D eigenvalue weighted by Crippen LogP contribution is -2.51. The number of carbonyl (C=O) groups is 2. The highest BCUT2D eigenvalue weighted by molar-refractivity contribution is 7.98. The lowest BCUT2D eigenvalue weighted by atomic mass is 10.2. The molecule has 0 spiro atoms. The summed E-state index contributed by atoms with van der Waals surface area (Å²) in [5, 5.41) is 19.0. The van der Waals surface area contributed by atoms with Crippen LogP contribution in [0.15, 0.2) is 60.7 Å². The molecule has 166 valence electrons. The van der Waals surface area contributed by atoms with E-state index in [4.69, 9.17) is 0 Å². The number of thioether (sulfide) groups is 2. The van der Waals surface area contributed by atoms with Crippen LogP contribution < -0.4 is 21.7 Å². The first-order valence-electron chi connectivity index (χ1n) is 9.71. The topological polar surface area (TPSA) is 136 Å². The molecule has 0 saturated carbocycles. The van der Waals surface area contributed by atoms with Gasteiger partial charge in [-0.05, 0) is 24.0 Å². The first-order valence-corrected chi connectivity index (χ1v) is 12.0. The summed E-state index contributed by atoms with van der Waals surface area (Å²) in [5.74, 6) is 1.83. The molecular formula is C22H32N2O4S2. The summed E-state index contributed by atoms with van der Waals surface area (Å²) in [7, 11) is 0. The molecule has 6 N–H and O–H groups in total. The van der Waals surface area contributed by atoms with E-state index >= 15 is 0 Å². The Bertz CT molecular complexity index is 614. The molecule has 2 rings (SSSR count). The molecule has 2 aromatic carbocycles. The predicted molar refractivity (Wildman–Crippen MR) is 120 cm³/mol. The maximum Gasteiger partial charge on any atom is 0.0831 e. The highest BCUT2D eigenvalue weighted by Gasteiger charge is 1.91. The molecule has 0 aliphatic rings. The summed E-state index contributed by atoms with van der Waals surface area (Å²) in [6.45, 7) is 2.05. The van der Waals surface area contributed by atoms with Gasteiger partial charge in [-0.25, -0.2) is 0 Å². The summed E-state index contributed by atoms with van der Waals surface area (Å²) in [6, 6.07) is 21.1. The third-order valence-corrected chi connectivity index (χ3v) is 5.56. The summed E-state index contributed by atoms with van der Waals surface area (Å²) in [5.41, 5.74) is 10.4. The third kappa shape index (κ3) is 19.3. The molecule has 0 saturated heterocycles. The van der Waals surface area contributed by atoms with Crippen molar-refractivity contribution < 1.29 is 31.3 Å². The van der Waals surface area contributed by atoms with E-state index in [1.807, 2.05) is 23.5 Å². The highest BCUT2D eigenvalue weighted by Crippen LogP contribution is 2.10. The second kappa shape index (κ2) is 20.3. The number of benzene rings is 2. The monoisotopic (exact) mass is 452 g/mol. The van der Waals surface area contributed by atoms with Gasteiger partial charge in [-0.3, -0.25) is 0 Å². The van der Waals surface area contributed by atoms with Crippen LogP contribution in [0.4, 0.5) is 0 Å². The average molecular weight is 453 g/mol. The van der Waals surface area contributed by atoms with Gasteiger partial charge < -0.3 is 31.3 Å². The van der Waals surface area contributed by atoms with Crippen LogP contribution in [0.3, 0.4) is 0 Å². The fraction of sp³-hybridized carbons (Fsp3) is 0.364. The van der Waals surface area contributed by atoms with Crippen LogP contribution in [-0.2, 0) is 21.1 Å². The molecule has 0 amide bonds. The standard InChI is InChI=1S/2C9H13NS.C4H6O4/c2*10-6-7-11-8-9-4-2-1-3-5-9;5-3(6)1-2-4(7)8/h2*1-5H,6-8,10H2;1-2H2,(H,5,6)(H,7,8). The second-order valence-corrected chi connectivity index (χ2v) is 8.24. The average Bonchev–Trinajstić information content (AvgIpc) is 2.75. The molecular weight excluding hydrogens is 420 g/mol. The van der Waals surface area contributed by atoms with Crippen molar-refractivity contribution >= 4 is 35.5 Å². The Balaban J connectivity index is 0.000000428. The van der Waals surface area contributed by atoms with E-state index in [2.05, 4.69) is 72.1 Å². The van der Waals surface area contributed by atoms with E-state index in [1.165, 1.54) is 11.1 Å². The van der Waals surface area contributed by atoms with Crippen LogP contribution in [0.1, 0.15) is 24.0 Å². The van der Waals surface area contributed by atoms with E-state index in [-0.39, 0.29) is 0 Å². The Morgan fingerprint density at radius 3 is 1.27 bits per heavy atom. The fourth-order valence-electron chi connectivity index (χ4n) is 1.94. The number of carboxylic acids is 2. The number of hydrogen-bond donors (Lipinski definition) is 2. The van der Waals surface area contributed by atoms with Crippen molar-refractivity contribution in [2.75, 3.05) is 24.6 Å². The van der Waals surface area contributed by atoms with E-state index in [1.54, 1.807) is 0 Å². The zero-order valence-corrected chi connectivity index (χ0v) is 18.9. The number of carboxylic acid groups (broad SMARTS) is 2. The van der Waals surface area contributed by atoms with Crippen molar-refractivity contribution in [3.63, 3.8) is 0 Å². The van der Waals surface area contributed by atoms with Gasteiger partial charge in [0, 0.05) is 35.0 Å². The minimum Gasteiger partial charge on any atom is -0.550 e. The Labute approximate surface area is 187 Å². The van der Waals surface area contributed by atoms with Crippen LogP contribution in [0.25, 0.3) is 0 Å². The number of carbonyl (C=O) groups excluding carboxylic acids is 2. The van der Waals surface area contributed by atoms with Crippen LogP contribution in [0.2, 0.25) is 0 Å². The molecule has 6 nitrogen and oxygen atoms in total. The Morgan fingerprint density at radius 2 is 1.00 bits per heavy atom. The van der Waals surface area contributed by atoms with Crippen molar-refractivity contribution in [2.24, 2.45) is 0 Å². The quantitative estimate of drug-likeness (QED) is 0.445. The molecule has 2 aromatic rings. The predicted octanol–water partition coefficient (Wildman–Crippen LogP) is -0.410. The minimum absolute atomic E-state index is 0.470. The van der Waals surface area contributed by atoms with Crippen molar-refractivity contribution in [3.05, 3.63) is 71.8 Å². The van der Waals surface area contributed by atoms with Gasteiger partial charge in [-0.15, -0.1) is 0 Å². The van der Waals surface area contributed by atoms with Crippen molar-refractivity contribution in [3.8, 4) is 0 Å². The zero-order valence-electron chi connectivity index (χ0n) is 17.3. The Hall–Kier alpha value is -2.00.